The van der Waals surface area contributed by atoms with E-state index in [9.17, 15) is 9.90 Å². The minimum atomic E-state index is -0.0828. The standard InChI is InChI=1S/C9H10N2O2/c1-10-7-4-3-6(12)5-8(7)11(2)9(10)13/h3-5,12H,1-2H3. The fourth-order valence-electron chi connectivity index (χ4n) is 1.50. The van der Waals surface area contributed by atoms with Gasteiger partial charge in [0, 0.05) is 20.2 Å². The van der Waals surface area contributed by atoms with Crippen LogP contribution in [-0.2, 0) is 14.1 Å². The summed E-state index contributed by atoms with van der Waals surface area (Å²) in [6.07, 6.45) is 0. The number of phenols is 1. The third kappa shape index (κ3) is 0.950. The molecule has 0 bridgehead atoms. The largest absolute Gasteiger partial charge is 0.508 e. The van der Waals surface area contributed by atoms with Crippen LogP contribution in [0.15, 0.2) is 23.0 Å². The lowest BCUT2D eigenvalue weighted by Gasteiger charge is -1.94. The van der Waals surface area contributed by atoms with E-state index in [0.717, 1.165) is 11.0 Å². The molecular formula is C9H10N2O2. The van der Waals surface area contributed by atoms with Crippen LogP contribution in [0, 0.1) is 0 Å². The quantitative estimate of drug-likeness (QED) is 0.641. The Hall–Kier alpha value is -1.71. The molecule has 0 saturated heterocycles. The first-order valence-corrected chi connectivity index (χ1v) is 3.95. The van der Waals surface area contributed by atoms with Crippen molar-refractivity contribution < 1.29 is 5.11 Å². The van der Waals surface area contributed by atoms with Crippen LogP contribution in [0.2, 0.25) is 0 Å². The second kappa shape index (κ2) is 2.39. The van der Waals surface area contributed by atoms with Gasteiger partial charge in [0.05, 0.1) is 11.0 Å². The van der Waals surface area contributed by atoms with Crippen molar-refractivity contribution in [2.24, 2.45) is 14.1 Å². The molecule has 13 heavy (non-hydrogen) atoms. The second-order valence-electron chi connectivity index (χ2n) is 3.07. The lowest BCUT2D eigenvalue weighted by Crippen LogP contribution is -2.19. The van der Waals surface area contributed by atoms with Gasteiger partial charge < -0.3 is 5.11 Å². The van der Waals surface area contributed by atoms with E-state index >= 15 is 0 Å². The van der Waals surface area contributed by atoms with E-state index in [1.54, 1.807) is 36.9 Å². The maximum absolute atomic E-state index is 11.4. The van der Waals surface area contributed by atoms with Gasteiger partial charge in [-0.25, -0.2) is 4.79 Å². The van der Waals surface area contributed by atoms with Gasteiger partial charge in [0.2, 0.25) is 0 Å². The van der Waals surface area contributed by atoms with Crippen LogP contribution in [0.3, 0.4) is 0 Å². The lowest BCUT2D eigenvalue weighted by atomic mass is 10.3. The van der Waals surface area contributed by atoms with Crippen LogP contribution in [0.5, 0.6) is 5.75 Å². The molecule has 1 heterocycles. The number of aromatic hydroxyl groups is 1. The summed E-state index contributed by atoms with van der Waals surface area (Å²) in [5.74, 6) is 0.175. The normalized spacial score (nSPS) is 10.9. The average Bonchev–Trinajstić information content (AvgIpc) is 2.32. The highest BCUT2D eigenvalue weighted by Crippen LogP contribution is 2.17. The molecule has 0 atom stereocenters. The number of hydrogen-bond donors (Lipinski definition) is 1. The number of aryl methyl sites for hydroxylation is 2. The van der Waals surface area contributed by atoms with Crippen LogP contribution in [-0.4, -0.2) is 14.2 Å². The molecule has 0 spiro atoms. The molecule has 68 valence electrons. The molecule has 2 rings (SSSR count). The molecule has 1 aromatic carbocycles. The van der Waals surface area contributed by atoms with Crippen molar-refractivity contribution in [1.29, 1.82) is 0 Å². The number of phenolic OH excluding ortho intramolecular Hbond substituents is 1. The summed E-state index contributed by atoms with van der Waals surface area (Å²) in [5.41, 5.74) is 1.48. The summed E-state index contributed by atoms with van der Waals surface area (Å²) >= 11 is 0. The molecule has 0 aliphatic carbocycles. The Morgan fingerprint density at radius 3 is 2.46 bits per heavy atom. The molecule has 0 saturated carbocycles. The van der Waals surface area contributed by atoms with Crippen LogP contribution in [0.1, 0.15) is 0 Å². The number of benzene rings is 1. The maximum Gasteiger partial charge on any atom is 0.328 e. The van der Waals surface area contributed by atoms with Crippen LogP contribution < -0.4 is 5.69 Å². The minimum Gasteiger partial charge on any atom is -0.508 e. The Balaban J connectivity index is 3.04. The number of hydrogen-bond acceptors (Lipinski definition) is 2. The Labute approximate surface area is 74.6 Å². The minimum absolute atomic E-state index is 0.0828. The smallest absolute Gasteiger partial charge is 0.328 e. The molecule has 0 amide bonds. The summed E-state index contributed by atoms with van der Waals surface area (Å²) in [6.45, 7) is 0. The van der Waals surface area contributed by atoms with E-state index in [2.05, 4.69) is 0 Å². The van der Waals surface area contributed by atoms with E-state index in [-0.39, 0.29) is 11.4 Å². The van der Waals surface area contributed by atoms with E-state index in [0.29, 0.717) is 0 Å². The number of imidazole rings is 1. The summed E-state index contributed by atoms with van der Waals surface area (Å²) in [7, 11) is 3.39. The molecule has 4 nitrogen and oxygen atoms in total. The summed E-state index contributed by atoms with van der Waals surface area (Å²) in [5, 5.41) is 9.23. The molecule has 0 radical (unpaired) electrons. The predicted octanol–water partition coefficient (Wildman–Crippen LogP) is 0.583. The molecule has 1 aromatic heterocycles. The first kappa shape index (κ1) is 7.91. The van der Waals surface area contributed by atoms with Crippen molar-refractivity contribution in [2.45, 2.75) is 0 Å². The third-order valence-corrected chi connectivity index (χ3v) is 2.26. The Bertz CT molecular complexity index is 522. The maximum atomic E-state index is 11.4. The van der Waals surface area contributed by atoms with Crippen molar-refractivity contribution in [2.75, 3.05) is 0 Å². The van der Waals surface area contributed by atoms with Crippen LogP contribution in [0.4, 0.5) is 0 Å². The first-order chi connectivity index (χ1) is 6.11. The van der Waals surface area contributed by atoms with Crippen LogP contribution in [0.25, 0.3) is 11.0 Å². The Morgan fingerprint density at radius 1 is 1.15 bits per heavy atom. The van der Waals surface area contributed by atoms with Gasteiger partial charge in [-0.2, -0.15) is 0 Å². The van der Waals surface area contributed by atoms with Crippen molar-refractivity contribution in [3.63, 3.8) is 0 Å². The van der Waals surface area contributed by atoms with Gasteiger partial charge in [-0.1, -0.05) is 0 Å². The Morgan fingerprint density at radius 2 is 1.77 bits per heavy atom. The fourth-order valence-corrected chi connectivity index (χ4v) is 1.50. The topological polar surface area (TPSA) is 47.2 Å². The first-order valence-electron chi connectivity index (χ1n) is 3.95. The van der Waals surface area contributed by atoms with Crippen molar-refractivity contribution in [3.8, 4) is 5.75 Å². The highest BCUT2D eigenvalue weighted by atomic mass is 16.3. The fraction of sp³-hybridized carbons (Fsp3) is 0.222. The molecule has 0 aliphatic heterocycles. The zero-order valence-corrected chi connectivity index (χ0v) is 7.48. The molecule has 0 aliphatic rings. The molecule has 2 aromatic rings. The Kier molecular flexibility index (Phi) is 1.45. The van der Waals surface area contributed by atoms with Crippen molar-refractivity contribution >= 4 is 11.0 Å². The zero-order valence-electron chi connectivity index (χ0n) is 7.48. The molecule has 4 heteroatoms. The van der Waals surface area contributed by atoms with Gasteiger partial charge in [0.15, 0.2) is 0 Å². The van der Waals surface area contributed by atoms with Gasteiger partial charge in [0.25, 0.3) is 0 Å². The number of rotatable bonds is 0. The van der Waals surface area contributed by atoms with Crippen molar-refractivity contribution in [1.82, 2.24) is 9.13 Å². The predicted molar refractivity (Wildman–Crippen MR) is 49.8 cm³/mol. The molecule has 0 unspecified atom stereocenters. The van der Waals surface area contributed by atoms with Gasteiger partial charge in [-0.3, -0.25) is 9.13 Å². The number of fused-ring (bicyclic) bond motifs is 1. The van der Waals surface area contributed by atoms with E-state index in [4.69, 9.17) is 0 Å². The van der Waals surface area contributed by atoms with Gasteiger partial charge in [-0.15, -0.1) is 0 Å². The van der Waals surface area contributed by atoms with E-state index in [1.165, 1.54) is 4.57 Å². The number of aromatic nitrogens is 2. The summed E-state index contributed by atoms with van der Waals surface area (Å²) in [4.78, 5) is 11.4. The lowest BCUT2D eigenvalue weighted by molar-refractivity contribution is 0.476. The second-order valence-corrected chi connectivity index (χ2v) is 3.07. The number of nitrogens with zero attached hydrogens (tertiary/aromatic N) is 2. The molecule has 1 N–H and O–H groups in total. The van der Waals surface area contributed by atoms with Gasteiger partial charge in [0.1, 0.15) is 5.75 Å². The third-order valence-electron chi connectivity index (χ3n) is 2.26. The van der Waals surface area contributed by atoms with Gasteiger partial charge in [-0.05, 0) is 12.1 Å². The molecule has 0 fully saturated rings. The zero-order chi connectivity index (χ0) is 9.59. The highest BCUT2D eigenvalue weighted by molar-refractivity contribution is 5.77. The van der Waals surface area contributed by atoms with Gasteiger partial charge >= 0.3 is 5.69 Å². The SMILES string of the molecule is Cn1c(=O)n(C)c2cc(O)ccc21. The summed E-state index contributed by atoms with van der Waals surface area (Å²) in [6, 6.07) is 4.88. The van der Waals surface area contributed by atoms with E-state index in [1.807, 2.05) is 0 Å². The van der Waals surface area contributed by atoms with Crippen molar-refractivity contribution in [3.05, 3.63) is 28.7 Å². The molecular weight excluding hydrogens is 168 g/mol. The summed E-state index contributed by atoms with van der Waals surface area (Å²) < 4.78 is 3.06. The van der Waals surface area contributed by atoms with Crippen LogP contribution >= 0.6 is 0 Å². The average molecular weight is 178 g/mol. The highest BCUT2D eigenvalue weighted by Gasteiger charge is 2.06. The van der Waals surface area contributed by atoms with E-state index < -0.39 is 0 Å². The monoisotopic (exact) mass is 178 g/mol.